The Kier molecular flexibility index (Phi) is 4.69. The fraction of sp³-hybridized carbons (Fsp3) is 0.714. The van der Waals surface area contributed by atoms with E-state index < -0.39 is 10.0 Å². The van der Waals surface area contributed by atoms with Crippen molar-refractivity contribution in [2.45, 2.75) is 38.5 Å². The molecule has 1 fully saturated rings. The normalized spacial score (nSPS) is 22.0. The van der Waals surface area contributed by atoms with Gasteiger partial charge in [-0.3, -0.25) is 4.79 Å². The number of rotatable bonds is 4. The molecule has 0 radical (unpaired) electrons. The van der Waals surface area contributed by atoms with E-state index >= 15 is 0 Å². The largest absolute Gasteiger partial charge is 0.368 e. The molecular formula is C14H22N4O4S. The number of aromatic nitrogens is 2. The molecule has 1 N–H and O–H groups in total. The second kappa shape index (κ2) is 6.58. The summed E-state index contributed by atoms with van der Waals surface area (Å²) in [5.74, 6) is 0.946. The minimum Gasteiger partial charge on any atom is -0.368 e. The molecule has 3 heterocycles. The zero-order valence-electron chi connectivity index (χ0n) is 13.2. The molecule has 0 saturated carbocycles. The molecule has 0 aromatic carbocycles. The highest BCUT2D eigenvalue weighted by molar-refractivity contribution is 7.88. The van der Waals surface area contributed by atoms with E-state index in [0.29, 0.717) is 32.7 Å². The van der Waals surface area contributed by atoms with Gasteiger partial charge in [-0.25, -0.2) is 18.1 Å². The van der Waals surface area contributed by atoms with Gasteiger partial charge < -0.3 is 14.2 Å². The molecule has 1 aromatic rings. The van der Waals surface area contributed by atoms with Crippen molar-refractivity contribution in [1.82, 2.24) is 19.2 Å². The van der Waals surface area contributed by atoms with Crippen LogP contribution >= 0.6 is 0 Å². The topological polar surface area (TPSA) is 93.5 Å². The number of fused-ring (bicyclic) bond motifs is 1. The van der Waals surface area contributed by atoms with Crippen molar-refractivity contribution in [3.8, 4) is 0 Å². The number of amides is 1. The maximum atomic E-state index is 12.4. The van der Waals surface area contributed by atoms with E-state index in [1.54, 1.807) is 6.20 Å². The minimum atomic E-state index is -3.24. The second-order valence-electron chi connectivity index (χ2n) is 5.99. The number of hydrogen-bond donors (Lipinski definition) is 1. The van der Waals surface area contributed by atoms with E-state index in [1.165, 1.54) is 0 Å². The van der Waals surface area contributed by atoms with Gasteiger partial charge in [0.25, 0.3) is 5.91 Å². The summed E-state index contributed by atoms with van der Waals surface area (Å²) in [7, 11) is -3.24. The molecule has 3 rings (SSSR count). The quantitative estimate of drug-likeness (QED) is 0.796. The first-order chi connectivity index (χ1) is 10.9. The number of nitrogens with one attached hydrogen (secondary N) is 1. The molecule has 1 amide bonds. The van der Waals surface area contributed by atoms with Crippen molar-refractivity contribution in [2.24, 2.45) is 0 Å². The summed E-state index contributed by atoms with van der Waals surface area (Å²) in [6, 6.07) is 0. The third-order valence-corrected chi connectivity index (χ3v) is 4.92. The van der Waals surface area contributed by atoms with Gasteiger partial charge in [0.05, 0.1) is 18.5 Å². The van der Waals surface area contributed by atoms with Crippen LogP contribution in [0.1, 0.15) is 24.4 Å². The molecule has 0 bridgehead atoms. The van der Waals surface area contributed by atoms with Crippen molar-refractivity contribution in [2.75, 3.05) is 26.0 Å². The monoisotopic (exact) mass is 342 g/mol. The Balaban J connectivity index is 1.66. The van der Waals surface area contributed by atoms with Crippen LogP contribution in [0.4, 0.5) is 0 Å². The van der Waals surface area contributed by atoms with E-state index in [9.17, 15) is 13.2 Å². The number of carbonyl (C=O) groups is 1. The van der Waals surface area contributed by atoms with Gasteiger partial charge in [0.15, 0.2) is 0 Å². The van der Waals surface area contributed by atoms with Crippen molar-refractivity contribution in [1.29, 1.82) is 0 Å². The van der Waals surface area contributed by atoms with Gasteiger partial charge >= 0.3 is 0 Å². The molecule has 23 heavy (non-hydrogen) atoms. The molecule has 1 atom stereocenters. The Morgan fingerprint density at radius 1 is 1.43 bits per heavy atom. The molecule has 0 unspecified atom stereocenters. The first-order valence-corrected chi connectivity index (χ1v) is 9.71. The summed E-state index contributed by atoms with van der Waals surface area (Å²) in [5.41, 5.74) is 0.817. The van der Waals surface area contributed by atoms with Crippen LogP contribution in [0.2, 0.25) is 0 Å². The summed E-state index contributed by atoms with van der Waals surface area (Å²) in [4.78, 5) is 18.6. The number of sulfonamides is 1. The predicted molar refractivity (Wildman–Crippen MR) is 83.2 cm³/mol. The van der Waals surface area contributed by atoms with E-state index in [-0.39, 0.29) is 18.6 Å². The van der Waals surface area contributed by atoms with Crippen LogP contribution in [-0.4, -0.2) is 60.8 Å². The molecule has 128 valence electrons. The average Bonchev–Trinajstić information content (AvgIpc) is 3.10. The van der Waals surface area contributed by atoms with Crippen LogP contribution in [0.25, 0.3) is 0 Å². The van der Waals surface area contributed by atoms with E-state index in [0.717, 1.165) is 30.6 Å². The summed E-state index contributed by atoms with van der Waals surface area (Å²) in [6.07, 6.45) is 4.93. The summed E-state index contributed by atoms with van der Waals surface area (Å²) in [5, 5.41) is 0. The second-order valence-corrected chi connectivity index (χ2v) is 7.82. The van der Waals surface area contributed by atoms with Crippen LogP contribution in [0.15, 0.2) is 6.20 Å². The number of imidazole rings is 1. The third-order valence-electron chi connectivity index (χ3n) is 4.25. The highest BCUT2D eigenvalue weighted by atomic mass is 32.2. The first-order valence-electron chi connectivity index (χ1n) is 7.82. The van der Waals surface area contributed by atoms with E-state index in [2.05, 4.69) is 9.71 Å². The van der Waals surface area contributed by atoms with E-state index in [4.69, 9.17) is 4.74 Å². The van der Waals surface area contributed by atoms with Gasteiger partial charge in [0, 0.05) is 38.9 Å². The smallest absolute Gasteiger partial charge is 0.251 e. The lowest BCUT2D eigenvalue weighted by molar-refractivity contribution is -0.140. The lowest BCUT2D eigenvalue weighted by Crippen LogP contribution is -2.40. The predicted octanol–water partition coefficient (Wildman–Crippen LogP) is -0.504. The van der Waals surface area contributed by atoms with Gasteiger partial charge in [0.1, 0.15) is 11.9 Å². The Labute approximate surface area is 135 Å². The summed E-state index contributed by atoms with van der Waals surface area (Å²) in [6.45, 7) is 2.70. The van der Waals surface area contributed by atoms with Crippen molar-refractivity contribution < 1.29 is 17.9 Å². The fourth-order valence-electron chi connectivity index (χ4n) is 3.04. The molecule has 8 nitrogen and oxygen atoms in total. The number of ether oxygens (including phenoxy) is 1. The maximum absolute atomic E-state index is 12.4. The molecule has 0 spiro atoms. The Morgan fingerprint density at radius 3 is 2.96 bits per heavy atom. The van der Waals surface area contributed by atoms with E-state index in [1.807, 2.05) is 9.47 Å². The summed E-state index contributed by atoms with van der Waals surface area (Å²) >= 11 is 0. The molecule has 2 aliphatic heterocycles. The molecule has 9 heteroatoms. The molecule has 1 saturated heterocycles. The van der Waals surface area contributed by atoms with Crippen molar-refractivity contribution in [3.63, 3.8) is 0 Å². The van der Waals surface area contributed by atoms with Gasteiger partial charge in [-0.15, -0.1) is 0 Å². The Hall–Kier alpha value is -1.45. The molecule has 2 aliphatic rings. The van der Waals surface area contributed by atoms with Gasteiger partial charge in [-0.2, -0.15) is 0 Å². The lowest BCUT2D eigenvalue weighted by atomic mass is 10.2. The van der Waals surface area contributed by atoms with Crippen LogP contribution in [0, 0.1) is 0 Å². The number of nitrogens with zero attached hydrogens (tertiary/aromatic N) is 3. The lowest BCUT2D eigenvalue weighted by Gasteiger charge is -2.23. The molecule has 0 aliphatic carbocycles. The highest BCUT2D eigenvalue weighted by Crippen LogP contribution is 2.17. The van der Waals surface area contributed by atoms with Crippen molar-refractivity contribution >= 4 is 15.9 Å². The molecular weight excluding hydrogens is 320 g/mol. The van der Waals surface area contributed by atoms with Crippen LogP contribution in [-0.2, 0) is 39.1 Å². The fourth-order valence-corrected chi connectivity index (χ4v) is 3.45. The average molecular weight is 342 g/mol. The van der Waals surface area contributed by atoms with Crippen LogP contribution in [0.3, 0.4) is 0 Å². The first kappa shape index (κ1) is 16.4. The zero-order chi connectivity index (χ0) is 16.4. The third kappa shape index (κ3) is 3.91. The van der Waals surface area contributed by atoms with Crippen LogP contribution in [0.5, 0.6) is 0 Å². The zero-order valence-corrected chi connectivity index (χ0v) is 14.0. The Bertz CT molecular complexity index is 679. The SMILES string of the molecule is CS(=O)(=O)NCc1cnc2n1CCN(C(=O)[C@@H]1CCCO1)CC2. The summed E-state index contributed by atoms with van der Waals surface area (Å²) < 4.78 is 32.4. The number of carbonyl (C=O) groups excluding carboxylic acids is 1. The molecule has 1 aromatic heterocycles. The standard InChI is InChI=1S/C14H22N4O4S/c1-23(20,21)16-10-11-9-15-13-4-5-17(6-7-18(11)13)14(19)12-3-2-8-22-12/h9,12,16H,2-8,10H2,1H3/t12-/m0/s1. The maximum Gasteiger partial charge on any atom is 0.251 e. The Morgan fingerprint density at radius 2 is 2.26 bits per heavy atom. The highest BCUT2D eigenvalue weighted by Gasteiger charge is 2.29. The minimum absolute atomic E-state index is 0.0593. The van der Waals surface area contributed by atoms with Gasteiger partial charge in [-0.1, -0.05) is 0 Å². The van der Waals surface area contributed by atoms with Gasteiger partial charge in [-0.05, 0) is 12.8 Å². The van der Waals surface area contributed by atoms with Crippen molar-refractivity contribution in [3.05, 3.63) is 17.7 Å². The number of hydrogen-bond acceptors (Lipinski definition) is 5. The van der Waals surface area contributed by atoms with Crippen LogP contribution < -0.4 is 4.72 Å². The van der Waals surface area contributed by atoms with Gasteiger partial charge in [0.2, 0.25) is 10.0 Å².